The molecular formula is C26H37N3O3. The number of carbonyl (C=O) groups is 1. The number of benzene rings is 2. The summed E-state index contributed by atoms with van der Waals surface area (Å²) in [7, 11) is 5.49. The van der Waals surface area contributed by atoms with Crippen LogP contribution in [0.1, 0.15) is 31.2 Å². The van der Waals surface area contributed by atoms with E-state index in [0.29, 0.717) is 6.61 Å². The van der Waals surface area contributed by atoms with Crippen molar-refractivity contribution in [3.8, 4) is 11.5 Å². The molecule has 0 aromatic heterocycles. The molecule has 174 valence electrons. The molecule has 2 aromatic rings. The van der Waals surface area contributed by atoms with Crippen molar-refractivity contribution in [3.05, 3.63) is 60.7 Å². The number of methoxy groups -OCH3 is 1. The van der Waals surface area contributed by atoms with Crippen LogP contribution in [0.15, 0.2) is 55.1 Å². The number of amides is 2. The van der Waals surface area contributed by atoms with Crippen LogP contribution in [0, 0.1) is 6.92 Å². The minimum atomic E-state index is -0.203. The summed E-state index contributed by atoms with van der Waals surface area (Å²) >= 11 is 0. The normalized spacial score (nSPS) is 10.7. The molecule has 0 saturated carbocycles. The van der Waals surface area contributed by atoms with E-state index >= 15 is 0 Å². The van der Waals surface area contributed by atoms with Gasteiger partial charge < -0.3 is 19.7 Å². The predicted molar refractivity (Wildman–Crippen MR) is 133 cm³/mol. The first-order valence-corrected chi connectivity index (χ1v) is 11.2. The maximum atomic E-state index is 12.6. The lowest BCUT2D eigenvalue weighted by Crippen LogP contribution is -2.31. The van der Waals surface area contributed by atoms with Crippen molar-refractivity contribution in [1.29, 1.82) is 0 Å². The summed E-state index contributed by atoms with van der Waals surface area (Å²) in [6.45, 7) is 8.45. The van der Waals surface area contributed by atoms with Gasteiger partial charge in [0.25, 0.3) is 0 Å². The van der Waals surface area contributed by atoms with Gasteiger partial charge in [-0.05, 0) is 81.4 Å². The third-order valence-electron chi connectivity index (χ3n) is 5.35. The van der Waals surface area contributed by atoms with E-state index in [1.165, 1.54) is 12.8 Å². The lowest BCUT2D eigenvalue weighted by molar-refractivity contribution is 0.258. The van der Waals surface area contributed by atoms with E-state index in [9.17, 15) is 4.79 Å². The maximum Gasteiger partial charge on any atom is 0.326 e. The second-order valence-electron chi connectivity index (χ2n) is 7.98. The van der Waals surface area contributed by atoms with Gasteiger partial charge in [0, 0.05) is 25.0 Å². The van der Waals surface area contributed by atoms with Gasteiger partial charge in [0.2, 0.25) is 0 Å². The fourth-order valence-electron chi connectivity index (χ4n) is 3.32. The molecule has 2 aromatic carbocycles. The molecule has 6 nitrogen and oxygen atoms in total. The Morgan fingerprint density at radius 3 is 2.38 bits per heavy atom. The van der Waals surface area contributed by atoms with E-state index in [-0.39, 0.29) is 6.03 Å². The number of urea groups is 1. The molecule has 0 heterocycles. The van der Waals surface area contributed by atoms with Gasteiger partial charge in [-0.3, -0.25) is 4.90 Å². The van der Waals surface area contributed by atoms with Crippen molar-refractivity contribution in [1.82, 2.24) is 4.90 Å². The average molecular weight is 440 g/mol. The van der Waals surface area contributed by atoms with Crippen LogP contribution in [-0.4, -0.2) is 51.8 Å². The summed E-state index contributed by atoms with van der Waals surface area (Å²) < 4.78 is 11.1. The van der Waals surface area contributed by atoms with Crippen LogP contribution in [0.2, 0.25) is 0 Å². The quantitative estimate of drug-likeness (QED) is 0.320. The van der Waals surface area contributed by atoms with E-state index in [4.69, 9.17) is 9.47 Å². The van der Waals surface area contributed by atoms with E-state index in [2.05, 4.69) is 23.8 Å². The minimum Gasteiger partial charge on any atom is -0.497 e. The Kier molecular flexibility index (Phi) is 10.6. The highest BCUT2D eigenvalue weighted by molar-refractivity contribution is 6.01. The number of anilines is 2. The first kappa shape index (κ1) is 25.3. The van der Waals surface area contributed by atoms with Crippen LogP contribution in [-0.2, 0) is 0 Å². The molecule has 2 amide bonds. The highest BCUT2D eigenvalue weighted by Crippen LogP contribution is 2.23. The molecule has 6 heteroatoms. The van der Waals surface area contributed by atoms with E-state index in [1.54, 1.807) is 19.1 Å². The predicted octanol–water partition coefficient (Wildman–Crippen LogP) is 5.73. The SMILES string of the molecule is C=CCN(C)CCCCCCOc1ccc(N(C)C(=O)Nc2ccc(OC)cc2C)cc1. The Hall–Kier alpha value is -2.99. The van der Waals surface area contributed by atoms with E-state index in [1.807, 2.05) is 55.5 Å². The lowest BCUT2D eigenvalue weighted by atomic mass is 10.2. The zero-order chi connectivity index (χ0) is 23.3. The number of nitrogens with one attached hydrogen (secondary N) is 1. The number of likely N-dealkylation sites (N-methyl/N-ethyl adjacent to an activating group) is 1. The summed E-state index contributed by atoms with van der Waals surface area (Å²) in [5.41, 5.74) is 2.50. The minimum absolute atomic E-state index is 0.203. The monoisotopic (exact) mass is 439 g/mol. The molecule has 32 heavy (non-hydrogen) atoms. The van der Waals surface area contributed by atoms with Gasteiger partial charge in [-0.1, -0.05) is 18.9 Å². The molecule has 0 aliphatic carbocycles. The number of rotatable bonds is 13. The molecule has 0 atom stereocenters. The van der Waals surface area contributed by atoms with E-state index in [0.717, 1.165) is 54.4 Å². The van der Waals surface area contributed by atoms with Crippen LogP contribution in [0.25, 0.3) is 0 Å². The summed E-state index contributed by atoms with van der Waals surface area (Å²) in [5.74, 6) is 1.58. The second-order valence-corrected chi connectivity index (χ2v) is 7.98. The Balaban J connectivity index is 1.73. The van der Waals surface area contributed by atoms with Crippen LogP contribution in [0.4, 0.5) is 16.2 Å². The molecular weight excluding hydrogens is 402 g/mol. The van der Waals surface area contributed by atoms with Gasteiger partial charge >= 0.3 is 6.03 Å². The Morgan fingerprint density at radius 2 is 1.72 bits per heavy atom. The summed E-state index contributed by atoms with van der Waals surface area (Å²) in [5, 5.41) is 2.94. The fourth-order valence-corrected chi connectivity index (χ4v) is 3.32. The Bertz CT molecular complexity index is 852. The van der Waals surface area contributed by atoms with Crippen molar-refractivity contribution in [2.75, 3.05) is 51.1 Å². The average Bonchev–Trinajstić information content (AvgIpc) is 2.79. The molecule has 0 radical (unpaired) electrons. The molecule has 0 saturated heterocycles. The zero-order valence-electron chi connectivity index (χ0n) is 19.9. The molecule has 0 fully saturated rings. The molecule has 1 N–H and O–H groups in total. The standard InChI is InChI=1S/C26H37N3O3/c1-6-17-28(3)18-9-7-8-10-19-32-23-13-11-22(12-14-23)29(4)26(30)27-25-16-15-24(31-5)20-21(25)2/h6,11-16,20H,1,7-10,17-19H2,2-5H3,(H,27,30). The van der Waals surface area contributed by atoms with Crippen LogP contribution in [0.5, 0.6) is 11.5 Å². The van der Waals surface area contributed by atoms with Crippen molar-refractivity contribution < 1.29 is 14.3 Å². The Morgan fingerprint density at radius 1 is 1.03 bits per heavy atom. The molecule has 0 spiro atoms. The number of unbranched alkanes of at least 4 members (excludes halogenated alkanes) is 3. The van der Waals surface area contributed by atoms with E-state index < -0.39 is 0 Å². The summed E-state index contributed by atoms with van der Waals surface area (Å²) in [6.07, 6.45) is 6.54. The molecule has 2 rings (SSSR count). The number of carbonyl (C=O) groups excluding carboxylic acids is 1. The highest BCUT2D eigenvalue weighted by Gasteiger charge is 2.12. The summed E-state index contributed by atoms with van der Waals surface area (Å²) in [4.78, 5) is 16.5. The number of aryl methyl sites for hydroxylation is 1. The molecule has 0 aliphatic rings. The number of ether oxygens (including phenoxy) is 2. The fraction of sp³-hybridized carbons (Fsp3) is 0.423. The highest BCUT2D eigenvalue weighted by atomic mass is 16.5. The van der Waals surface area contributed by atoms with Crippen molar-refractivity contribution in [2.45, 2.75) is 32.6 Å². The lowest BCUT2D eigenvalue weighted by Gasteiger charge is -2.19. The van der Waals surface area contributed by atoms with Gasteiger partial charge in [0.15, 0.2) is 0 Å². The molecule has 0 aliphatic heterocycles. The third kappa shape index (κ3) is 8.27. The van der Waals surface area contributed by atoms with Gasteiger partial charge in [0.05, 0.1) is 13.7 Å². The zero-order valence-corrected chi connectivity index (χ0v) is 19.9. The largest absolute Gasteiger partial charge is 0.497 e. The topological polar surface area (TPSA) is 54.0 Å². The van der Waals surface area contributed by atoms with Gasteiger partial charge in [-0.25, -0.2) is 4.79 Å². The summed E-state index contributed by atoms with van der Waals surface area (Å²) in [6, 6.07) is 13.0. The maximum absolute atomic E-state index is 12.6. The number of hydrogen-bond donors (Lipinski definition) is 1. The van der Waals surface area contributed by atoms with Crippen LogP contribution < -0.4 is 19.7 Å². The first-order chi connectivity index (χ1) is 15.4. The third-order valence-corrected chi connectivity index (χ3v) is 5.35. The smallest absolute Gasteiger partial charge is 0.326 e. The number of nitrogens with zero attached hydrogens (tertiary/aromatic N) is 2. The van der Waals surface area contributed by atoms with Crippen molar-refractivity contribution in [3.63, 3.8) is 0 Å². The molecule has 0 unspecified atom stereocenters. The first-order valence-electron chi connectivity index (χ1n) is 11.2. The van der Waals surface area contributed by atoms with Crippen molar-refractivity contribution in [2.24, 2.45) is 0 Å². The Labute approximate surface area is 192 Å². The van der Waals surface area contributed by atoms with Crippen LogP contribution in [0.3, 0.4) is 0 Å². The van der Waals surface area contributed by atoms with Crippen LogP contribution >= 0.6 is 0 Å². The van der Waals surface area contributed by atoms with Gasteiger partial charge in [0.1, 0.15) is 11.5 Å². The van der Waals surface area contributed by atoms with Gasteiger partial charge in [-0.15, -0.1) is 6.58 Å². The van der Waals surface area contributed by atoms with Gasteiger partial charge in [-0.2, -0.15) is 0 Å². The number of hydrogen-bond acceptors (Lipinski definition) is 4. The van der Waals surface area contributed by atoms with Crippen molar-refractivity contribution >= 4 is 17.4 Å². The molecule has 0 bridgehead atoms. The second kappa shape index (κ2) is 13.4.